The number of benzene rings is 1. The lowest BCUT2D eigenvalue weighted by Crippen LogP contribution is -2.24. The quantitative estimate of drug-likeness (QED) is 0.783. The third-order valence-corrected chi connectivity index (χ3v) is 3.38. The van der Waals surface area contributed by atoms with Crippen LogP contribution in [0.5, 0.6) is 0 Å². The number of likely N-dealkylation sites (tertiary alicyclic amines) is 1. The molecule has 0 N–H and O–H groups in total. The standard InChI is InChI=1S/C14H19NO2/c1-2-12-9-11(5-6-13(12)14(16)17)10-15-7-3-4-8-15/h5-6,9H,2-4,7-8,10H2,1H3,(H,16,17)/p-1. The van der Waals surface area contributed by atoms with E-state index in [0.29, 0.717) is 5.56 Å². The van der Waals surface area contributed by atoms with Gasteiger partial charge in [0, 0.05) is 12.1 Å². The van der Waals surface area contributed by atoms with Crippen molar-refractivity contribution in [2.45, 2.75) is 32.7 Å². The zero-order chi connectivity index (χ0) is 12.3. The number of aryl methyl sites for hydroxylation is 1. The summed E-state index contributed by atoms with van der Waals surface area (Å²) in [5.41, 5.74) is 2.41. The summed E-state index contributed by atoms with van der Waals surface area (Å²) in [6.45, 7) is 5.22. The first-order valence-corrected chi connectivity index (χ1v) is 6.26. The van der Waals surface area contributed by atoms with Crippen LogP contribution in [-0.2, 0) is 13.0 Å². The molecule has 1 aliphatic heterocycles. The van der Waals surface area contributed by atoms with E-state index >= 15 is 0 Å². The molecule has 0 unspecified atom stereocenters. The molecule has 17 heavy (non-hydrogen) atoms. The van der Waals surface area contributed by atoms with Gasteiger partial charge in [-0.2, -0.15) is 0 Å². The molecule has 0 saturated carbocycles. The Balaban J connectivity index is 2.15. The van der Waals surface area contributed by atoms with Crippen LogP contribution in [0, 0.1) is 0 Å². The van der Waals surface area contributed by atoms with Crippen LogP contribution in [0.15, 0.2) is 18.2 Å². The van der Waals surface area contributed by atoms with Crippen LogP contribution in [0.25, 0.3) is 0 Å². The van der Waals surface area contributed by atoms with Crippen molar-refractivity contribution in [1.29, 1.82) is 0 Å². The van der Waals surface area contributed by atoms with Crippen LogP contribution < -0.4 is 5.11 Å². The zero-order valence-electron chi connectivity index (χ0n) is 10.2. The number of hydrogen-bond donors (Lipinski definition) is 0. The summed E-state index contributed by atoms with van der Waals surface area (Å²) in [6, 6.07) is 5.59. The van der Waals surface area contributed by atoms with E-state index in [9.17, 15) is 9.90 Å². The lowest BCUT2D eigenvalue weighted by Gasteiger charge is -2.16. The van der Waals surface area contributed by atoms with Crippen molar-refractivity contribution in [3.8, 4) is 0 Å². The molecule has 0 amide bonds. The van der Waals surface area contributed by atoms with Crippen molar-refractivity contribution >= 4 is 5.97 Å². The van der Waals surface area contributed by atoms with Gasteiger partial charge in [-0.3, -0.25) is 4.90 Å². The smallest absolute Gasteiger partial charge is 0.0718 e. The number of carboxylic acids is 1. The highest BCUT2D eigenvalue weighted by atomic mass is 16.4. The van der Waals surface area contributed by atoms with Crippen molar-refractivity contribution in [2.75, 3.05) is 13.1 Å². The Labute approximate surface area is 102 Å². The van der Waals surface area contributed by atoms with E-state index < -0.39 is 5.97 Å². The predicted molar refractivity (Wildman–Crippen MR) is 64.7 cm³/mol. The first kappa shape index (κ1) is 12.1. The number of hydrogen-bond acceptors (Lipinski definition) is 3. The van der Waals surface area contributed by atoms with Gasteiger partial charge in [0.15, 0.2) is 0 Å². The van der Waals surface area contributed by atoms with E-state index in [-0.39, 0.29) is 0 Å². The Morgan fingerprint density at radius 3 is 2.65 bits per heavy atom. The Morgan fingerprint density at radius 1 is 1.35 bits per heavy atom. The number of rotatable bonds is 4. The van der Waals surface area contributed by atoms with Crippen LogP contribution in [0.1, 0.15) is 41.3 Å². The van der Waals surface area contributed by atoms with E-state index in [1.54, 1.807) is 6.07 Å². The number of aromatic carboxylic acids is 1. The van der Waals surface area contributed by atoms with Gasteiger partial charge in [0.05, 0.1) is 5.97 Å². The molecular weight excluding hydrogens is 214 g/mol. The van der Waals surface area contributed by atoms with Crippen molar-refractivity contribution in [3.63, 3.8) is 0 Å². The molecule has 1 saturated heterocycles. The van der Waals surface area contributed by atoms with E-state index in [0.717, 1.165) is 31.6 Å². The highest BCUT2D eigenvalue weighted by Gasteiger charge is 2.12. The fraction of sp³-hybridized carbons (Fsp3) is 0.500. The highest BCUT2D eigenvalue weighted by Crippen LogP contribution is 2.16. The molecule has 0 radical (unpaired) electrons. The fourth-order valence-corrected chi connectivity index (χ4v) is 2.44. The van der Waals surface area contributed by atoms with Crippen LogP contribution >= 0.6 is 0 Å². The minimum atomic E-state index is -1.07. The van der Waals surface area contributed by atoms with Crippen molar-refractivity contribution in [3.05, 3.63) is 34.9 Å². The minimum absolute atomic E-state index is 0.331. The van der Waals surface area contributed by atoms with Gasteiger partial charge in [0.1, 0.15) is 0 Å². The molecule has 1 aromatic carbocycles. The van der Waals surface area contributed by atoms with Gasteiger partial charge in [0.25, 0.3) is 0 Å². The molecule has 0 spiro atoms. The lowest BCUT2D eigenvalue weighted by atomic mass is 10.0. The zero-order valence-corrected chi connectivity index (χ0v) is 10.2. The number of carbonyl (C=O) groups excluding carboxylic acids is 1. The van der Waals surface area contributed by atoms with Gasteiger partial charge >= 0.3 is 0 Å². The maximum Gasteiger partial charge on any atom is 0.0718 e. The molecule has 1 aromatic rings. The van der Waals surface area contributed by atoms with Gasteiger partial charge in [-0.25, -0.2) is 0 Å². The summed E-state index contributed by atoms with van der Waals surface area (Å²) in [4.78, 5) is 13.3. The molecule has 0 aromatic heterocycles. The molecule has 1 aliphatic rings. The van der Waals surface area contributed by atoms with E-state index in [1.165, 1.54) is 18.4 Å². The average molecular weight is 232 g/mol. The second kappa shape index (κ2) is 5.32. The molecule has 1 fully saturated rings. The predicted octanol–water partition coefficient (Wildman–Crippen LogP) is 1.21. The lowest BCUT2D eigenvalue weighted by molar-refractivity contribution is -0.255. The monoisotopic (exact) mass is 232 g/mol. The van der Waals surface area contributed by atoms with Gasteiger partial charge in [-0.05, 0) is 43.5 Å². The van der Waals surface area contributed by atoms with Crippen molar-refractivity contribution in [2.24, 2.45) is 0 Å². The first-order valence-electron chi connectivity index (χ1n) is 6.26. The molecule has 1 heterocycles. The van der Waals surface area contributed by atoms with Crippen LogP contribution in [0.2, 0.25) is 0 Å². The highest BCUT2D eigenvalue weighted by molar-refractivity contribution is 5.87. The number of carbonyl (C=O) groups is 1. The summed E-state index contributed by atoms with van der Waals surface area (Å²) in [5.74, 6) is -1.07. The van der Waals surface area contributed by atoms with Crippen LogP contribution in [0.3, 0.4) is 0 Å². The molecule has 0 atom stereocenters. The third kappa shape index (κ3) is 2.86. The Bertz CT molecular complexity index is 409. The van der Waals surface area contributed by atoms with E-state index in [4.69, 9.17) is 0 Å². The van der Waals surface area contributed by atoms with Gasteiger partial charge in [0.2, 0.25) is 0 Å². The Morgan fingerprint density at radius 2 is 2.06 bits per heavy atom. The SMILES string of the molecule is CCc1cc(CN2CCCC2)ccc1C(=O)[O-]. The summed E-state index contributed by atoms with van der Waals surface area (Å²) in [7, 11) is 0. The van der Waals surface area contributed by atoms with E-state index in [2.05, 4.69) is 4.90 Å². The maximum absolute atomic E-state index is 10.9. The second-order valence-corrected chi connectivity index (χ2v) is 4.62. The summed E-state index contributed by atoms with van der Waals surface area (Å²) < 4.78 is 0. The topological polar surface area (TPSA) is 43.4 Å². The summed E-state index contributed by atoms with van der Waals surface area (Å²) in [5, 5.41) is 10.9. The molecule has 0 aliphatic carbocycles. The minimum Gasteiger partial charge on any atom is -0.545 e. The molecular formula is C14H18NO2-. The van der Waals surface area contributed by atoms with Crippen LogP contribution in [-0.4, -0.2) is 24.0 Å². The summed E-state index contributed by atoms with van der Waals surface area (Å²) in [6.07, 6.45) is 3.28. The van der Waals surface area contributed by atoms with E-state index in [1.807, 2.05) is 19.1 Å². The van der Waals surface area contributed by atoms with Crippen molar-refractivity contribution < 1.29 is 9.90 Å². The largest absolute Gasteiger partial charge is 0.545 e. The first-order chi connectivity index (χ1) is 8.20. The molecule has 3 nitrogen and oxygen atoms in total. The molecule has 2 rings (SSSR count). The van der Waals surface area contributed by atoms with Gasteiger partial charge in [-0.1, -0.05) is 25.1 Å². The molecule has 0 bridgehead atoms. The van der Waals surface area contributed by atoms with Gasteiger partial charge in [-0.15, -0.1) is 0 Å². The average Bonchev–Trinajstić information content (AvgIpc) is 2.81. The third-order valence-electron chi connectivity index (χ3n) is 3.38. The summed E-state index contributed by atoms with van der Waals surface area (Å²) >= 11 is 0. The fourth-order valence-electron chi connectivity index (χ4n) is 2.44. The van der Waals surface area contributed by atoms with Gasteiger partial charge < -0.3 is 9.90 Å². The molecule has 92 valence electrons. The Kier molecular flexibility index (Phi) is 3.79. The van der Waals surface area contributed by atoms with Crippen LogP contribution in [0.4, 0.5) is 0 Å². The van der Waals surface area contributed by atoms with Crippen molar-refractivity contribution in [1.82, 2.24) is 4.90 Å². The molecule has 3 heteroatoms. The normalized spacial score (nSPS) is 16.3. The maximum atomic E-state index is 10.9. The number of carboxylic acid groups (broad SMARTS) is 1. The number of nitrogens with zero attached hydrogens (tertiary/aromatic N) is 1. The Hall–Kier alpha value is -1.35. The second-order valence-electron chi connectivity index (χ2n) is 4.62.